The van der Waals surface area contributed by atoms with Gasteiger partial charge < -0.3 is 11.1 Å². The third-order valence-corrected chi connectivity index (χ3v) is 3.54. The van der Waals surface area contributed by atoms with Crippen LogP contribution in [0.15, 0.2) is 11.6 Å². The molecule has 3 N–H and O–H groups in total. The van der Waals surface area contributed by atoms with Crippen molar-refractivity contribution in [3.8, 4) is 0 Å². The van der Waals surface area contributed by atoms with E-state index in [0.29, 0.717) is 13.0 Å². The summed E-state index contributed by atoms with van der Waals surface area (Å²) in [6.45, 7) is 4.56. The first-order valence-corrected chi connectivity index (χ1v) is 6.44. The van der Waals surface area contributed by atoms with Crippen LogP contribution in [0.1, 0.15) is 37.7 Å². The maximum atomic E-state index is 11.7. The van der Waals surface area contributed by atoms with E-state index in [4.69, 9.17) is 5.73 Å². The number of nitrogens with two attached hydrogens (primary N) is 1. The number of nitrogens with zero attached hydrogens (tertiary/aromatic N) is 1. The molecule has 0 saturated carbocycles. The molecule has 5 heteroatoms. The van der Waals surface area contributed by atoms with Crippen LogP contribution in [0.2, 0.25) is 0 Å². The van der Waals surface area contributed by atoms with E-state index in [1.54, 1.807) is 17.5 Å². The summed E-state index contributed by atoms with van der Waals surface area (Å²) < 4.78 is 0. The number of carbonyl (C=O) groups excluding carboxylic acids is 1. The highest BCUT2D eigenvalue weighted by molar-refractivity contribution is 7.09. The topological polar surface area (TPSA) is 68.0 Å². The molecule has 16 heavy (non-hydrogen) atoms. The van der Waals surface area contributed by atoms with Crippen molar-refractivity contribution >= 4 is 17.2 Å². The fourth-order valence-electron chi connectivity index (χ4n) is 1.47. The number of hydrogen-bond donors (Lipinski definition) is 2. The molecule has 1 aromatic rings. The Hall–Kier alpha value is -0.940. The predicted octanol–water partition coefficient (Wildman–Crippen LogP) is 1.70. The van der Waals surface area contributed by atoms with E-state index in [0.717, 1.165) is 11.4 Å². The Morgan fingerprint density at radius 2 is 2.44 bits per heavy atom. The van der Waals surface area contributed by atoms with E-state index in [1.807, 2.05) is 12.3 Å². The van der Waals surface area contributed by atoms with Crippen LogP contribution in [0.5, 0.6) is 0 Å². The Labute approximate surface area is 100 Å². The third-order valence-electron chi connectivity index (χ3n) is 2.58. The van der Waals surface area contributed by atoms with Crippen molar-refractivity contribution in [2.45, 2.75) is 32.7 Å². The molecule has 1 amide bonds. The van der Waals surface area contributed by atoms with Crippen molar-refractivity contribution in [1.29, 1.82) is 0 Å². The molecule has 0 radical (unpaired) electrons. The van der Waals surface area contributed by atoms with Crippen LogP contribution in [0.3, 0.4) is 0 Å². The number of nitrogens with one attached hydrogen (secondary N) is 1. The molecule has 0 spiro atoms. The van der Waals surface area contributed by atoms with E-state index in [1.165, 1.54) is 0 Å². The molecule has 90 valence electrons. The second-order valence-corrected chi connectivity index (χ2v) is 4.80. The lowest BCUT2D eigenvalue weighted by Crippen LogP contribution is -2.30. The van der Waals surface area contributed by atoms with Crippen LogP contribution in [0.25, 0.3) is 0 Å². The SMILES string of the molecule is CCC(CN)CC(=O)NC(C)c1nccs1. The zero-order chi connectivity index (χ0) is 12.0. The Bertz CT molecular complexity index is 309. The van der Waals surface area contributed by atoms with Gasteiger partial charge in [0, 0.05) is 18.0 Å². The zero-order valence-corrected chi connectivity index (χ0v) is 10.6. The monoisotopic (exact) mass is 241 g/mol. The minimum Gasteiger partial charge on any atom is -0.347 e. The minimum atomic E-state index is -0.0113. The maximum absolute atomic E-state index is 11.7. The molecular formula is C11H19N3OS. The largest absolute Gasteiger partial charge is 0.347 e. The van der Waals surface area contributed by atoms with Gasteiger partial charge in [-0.3, -0.25) is 4.79 Å². The fourth-order valence-corrected chi connectivity index (χ4v) is 2.11. The molecule has 0 saturated heterocycles. The van der Waals surface area contributed by atoms with Crippen molar-refractivity contribution in [3.63, 3.8) is 0 Å². The number of thiazole rings is 1. The van der Waals surface area contributed by atoms with E-state index in [9.17, 15) is 4.79 Å². The Morgan fingerprint density at radius 3 is 2.94 bits per heavy atom. The molecule has 2 unspecified atom stereocenters. The Balaban J connectivity index is 2.39. The minimum absolute atomic E-state index is 0.0113. The lowest BCUT2D eigenvalue weighted by atomic mass is 10.0. The van der Waals surface area contributed by atoms with Crippen LogP contribution >= 0.6 is 11.3 Å². The van der Waals surface area contributed by atoms with Crippen molar-refractivity contribution < 1.29 is 4.79 Å². The molecule has 2 atom stereocenters. The van der Waals surface area contributed by atoms with Crippen molar-refractivity contribution in [1.82, 2.24) is 10.3 Å². The molecule has 0 aliphatic rings. The standard InChI is InChI=1S/C11H19N3OS/c1-3-9(7-12)6-10(15)14-8(2)11-13-4-5-16-11/h4-5,8-9H,3,6-7,12H2,1-2H3,(H,14,15). The number of carbonyl (C=O) groups is 1. The smallest absolute Gasteiger partial charge is 0.220 e. The summed E-state index contributed by atoms with van der Waals surface area (Å²) >= 11 is 1.55. The van der Waals surface area contributed by atoms with Crippen LogP contribution < -0.4 is 11.1 Å². The zero-order valence-electron chi connectivity index (χ0n) is 9.77. The van der Waals surface area contributed by atoms with Crippen molar-refractivity contribution in [3.05, 3.63) is 16.6 Å². The molecule has 1 heterocycles. The number of amides is 1. The van der Waals surface area contributed by atoms with E-state index < -0.39 is 0 Å². The molecule has 0 bridgehead atoms. The van der Waals surface area contributed by atoms with Gasteiger partial charge in [-0.25, -0.2) is 4.98 Å². The summed E-state index contributed by atoms with van der Waals surface area (Å²) in [6, 6.07) is -0.0113. The van der Waals surface area contributed by atoms with Gasteiger partial charge in [0.2, 0.25) is 5.91 Å². The second kappa shape index (κ2) is 6.60. The average molecular weight is 241 g/mol. The molecule has 0 aliphatic heterocycles. The molecule has 1 rings (SSSR count). The molecule has 0 aromatic carbocycles. The summed E-state index contributed by atoms with van der Waals surface area (Å²) in [4.78, 5) is 15.9. The first kappa shape index (κ1) is 13.1. The number of hydrogen-bond acceptors (Lipinski definition) is 4. The molecule has 0 aliphatic carbocycles. The van der Waals surface area contributed by atoms with E-state index in [2.05, 4.69) is 17.2 Å². The summed E-state index contributed by atoms with van der Waals surface area (Å²) in [5.41, 5.74) is 5.57. The number of rotatable bonds is 6. The molecule has 4 nitrogen and oxygen atoms in total. The van der Waals surface area contributed by atoms with Gasteiger partial charge in [0.05, 0.1) is 6.04 Å². The Morgan fingerprint density at radius 1 is 1.69 bits per heavy atom. The van der Waals surface area contributed by atoms with Gasteiger partial charge in [-0.15, -0.1) is 11.3 Å². The van der Waals surface area contributed by atoms with Gasteiger partial charge in [0.1, 0.15) is 5.01 Å². The van der Waals surface area contributed by atoms with Gasteiger partial charge in [0.15, 0.2) is 0 Å². The van der Waals surface area contributed by atoms with Gasteiger partial charge in [-0.05, 0) is 19.4 Å². The van der Waals surface area contributed by atoms with Crippen LogP contribution in [-0.2, 0) is 4.79 Å². The third kappa shape index (κ3) is 3.90. The highest BCUT2D eigenvalue weighted by Crippen LogP contribution is 2.15. The van der Waals surface area contributed by atoms with Crippen molar-refractivity contribution in [2.75, 3.05) is 6.54 Å². The highest BCUT2D eigenvalue weighted by Gasteiger charge is 2.14. The second-order valence-electron chi connectivity index (χ2n) is 3.87. The summed E-state index contributed by atoms with van der Waals surface area (Å²) in [6.07, 6.45) is 3.19. The lowest BCUT2D eigenvalue weighted by molar-refractivity contribution is -0.122. The van der Waals surface area contributed by atoms with Gasteiger partial charge in [-0.1, -0.05) is 13.3 Å². The number of aromatic nitrogens is 1. The lowest BCUT2D eigenvalue weighted by Gasteiger charge is -2.15. The van der Waals surface area contributed by atoms with Gasteiger partial charge >= 0.3 is 0 Å². The first-order valence-electron chi connectivity index (χ1n) is 5.56. The average Bonchev–Trinajstić information content (AvgIpc) is 2.79. The fraction of sp³-hybridized carbons (Fsp3) is 0.636. The summed E-state index contributed by atoms with van der Waals surface area (Å²) in [7, 11) is 0. The summed E-state index contributed by atoms with van der Waals surface area (Å²) in [5.74, 6) is 0.337. The quantitative estimate of drug-likeness (QED) is 0.796. The van der Waals surface area contributed by atoms with E-state index >= 15 is 0 Å². The highest BCUT2D eigenvalue weighted by atomic mass is 32.1. The normalized spacial score (nSPS) is 14.4. The molecule has 1 aromatic heterocycles. The van der Waals surface area contributed by atoms with E-state index in [-0.39, 0.29) is 17.9 Å². The van der Waals surface area contributed by atoms with Crippen LogP contribution in [0.4, 0.5) is 0 Å². The van der Waals surface area contributed by atoms with Gasteiger partial charge in [-0.2, -0.15) is 0 Å². The Kier molecular flexibility index (Phi) is 5.42. The van der Waals surface area contributed by atoms with Crippen LogP contribution in [-0.4, -0.2) is 17.4 Å². The van der Waals surface area contributed by atoms with Crippen molar-refractivity contribution in [2.24, 2.45) is 11.7 Å². The van der Waals surface area contributed by atoms with Gasteiger partial charge in [0.25, 0.3) is 0 Å². The van der Waals surface area contributed by atoms with Crippen LogP contribution in [0, 0.1) is 5.92 Å². The predicted molar refractivity (Wildman–Crippen MR) is 66.1 cm³/mol. The maximum Gasteiger partial charge on any atom is 0.220 e. The molecule has 0 fully saturated rings. The molecular weight excluding hydrogens is 222 g/mol. The first-order chi connectivity index (χ1) is 7.67. The summed E-state index contributed by atoms with van der Waals surface area (Å²) in [5, 5.41) is 5.78.